The van der Waals surface area contributed by atoms with Crippen molar-refractivity contribution in [2.75, 3.05) is 70.2 Å². The lowest BCUT2D eigenvalue weighted by Crippen LogP contribution is -2.43. The predicted octanol–water partition coefficient (Wildman–Crippen LogP) is 1.31. The largest absolute Gasteiger partial charge is 0.378 e. The molecule has 2 aliphatic heterocycles. The molecule has 5 rings (SSSR count). The van der Waals surface area contributed by atoms with E-state index in [9.17, 15) is 0 Å². The van der Waals surface area contributed by atoms with Gasteiger partial charge in [-0.3, -0.25) is 4.90 Å². The Balaban J connectivity index is 1.51. The first-order valence-electron chi connectivity index (χ1n) is 10.3. The molecule has 5 heterocycles. The molecule has 2 fully saturated rings. The quantitative estimate of drug-likeness (QED) is 0.662. The van der Waals surface area contributed by atoms with Crippen molar-refractivity contribution >= 4 is 33.3 Å². The Morgan fingerprint density at radius 3 is 2.50 bits per heavy atom. The zero-order valence-corrected chi connectivity index (χ0v) is 17.9. The van der Waals surface area contributed by atoms with E-state index < -0.39 is 0 Å². The Kier molecular flexibility index (Phi) is 5.47. The minimum atomic E-state index is 0.249. The summed E-state index contributed by atoms with van der Waals surface area (Å²) in [4.78, 5) is 27.5. The van der Waals surface area contributed by atoms with Crippen LogP contribution in [0.1, 0.15) is 4.88 Å². The van der Waals surface area contributed by atoms with E-state index in [1.807, 2.05) is 0 Å². The van der Waals surface area contributed by atoms with Gasteiger partial charge in [0.15, 0.2) is 5.82 Å². The molecule has 0 saturated carbocycles. The van der Waals surface area contributed by atoms with E-state index in [1.54, 1.807) is 23.7 Å². The van der Waals surface area contributed by atoms with Crippen LogP contribution in [0.2, 0.25) is 0 Å². The lowest BCUT2D eigenvalue weighted by Gasteiger charge is -2.31. The van der Waals surface area contributed by atoms with Crippen LogP contribution in [0.3, 0.4) is 0 Å². The Hall–Kier alpha value is -2.40. The summed E-state index contributed by atoms with van der Waals surface area (Å²) in [5.41, 5.74) is 6.42. The van der Waals surface area contributed by atoms with Gasteiger partial charge in [0.1, 0.15) is 10.6 Å². The average Bonchev–Trinajstić information content (AvgIpc) is 3.18. The Bertz CT molecular complexity index is 1010. The fourth-order valence-electron chi connectivity index (χ4n) is 3.86. The predicted molar refractivity (Wildman–Crippen MR) is 119 cm³/mol. The summed E-state index contributed by atoms with van der Waals surface area (Å²) in [6.07, 6.45) is 3.37. The van der Waals surface area contributed by atoms with Crippen molar-refractivity contribution in [2.24, 2.45) is 0 Å². The molecule has 0 aliphatic carbocycles. The number of likely N-dealkylation sites (N-methyl/N-ethyl adjacent to an activating group) is 1. The molecular weight excluding hydrogens is 400 g/mol. The van der Waals surface area contributed by atoms with Gasteiger partial charge in [-0.1, -0.05) is 0 Å². The number of fused-ring (bicyclic) bond motifs is 1. The van der Waals surface area contributed by atoms with Crippen LogP contribution in [0.5, 0.6) is 0 Å². The van der Waals surface area contributed by atoms with Crippen LogP contribution in [0.25, 0.3) is 21.6 Å². The standard InChI is InChI=1S/C20H26N8OS/c1-26-2-4-27(5-3-26)13-15-10-16-18(28-6-8-29-9-7-28)24-17(25-19(16)30-15)14-11-22-20(21)23-12-14/h10-12H,2-9,13H2,1H3,(H2,21,22,23). The van der Waals surface area contributed by atoms with E-state index in [-0.39, 0.29) is 5.95 Å². The van der Waals surface area contributed by atoms with Crippen LogP contribution in [0.4, 0.5) is 11.8 Å². The molecule has 0 radical (unpaired) electrons. The number of thiophene rings is 1. The molecule has 3 aromatic rings. The summed E-state index contributed by atoms with van der Waals surface area (Å²) < 4.78 is 5.55. The molecule has 0 aromatic carbocycles. The molecule has 3 aromatic heterocycles. The Labute approximate surface area is 179 Å². The van der Waals surface area contributed by atoms with Gasteiger partial charge in [-0.2, -0.15) is 0 Å². The van der Waals surface area contributed by atoms with Crippen molar-refractivity contribution < 1.29 is 4.74 Å². The molecule has 0 atom stereocenters. The highest BCUT2D eigenvalue weighted by atomic mass is 32.1. The first kappa shape index (κ1) is 19.6. The highest BCUT2D eigenvalue weighted by Gasteiger charge is 2.21. The number of hydrogen-bond donors (Lipinski definition) is 1. The summed E-state index contributed by atoms with van der Waals surface area (Å²) in [6, 6.07) is 2.27. The normalized spacial score (nSPS) is 18.9. The molecule has 0 spiro atoms. The van der Waals surface area contributed by atoms with E-state index in [4.69, 9.17) is 20.4 Å². The van der Waals surface area contributed by atoms with Crippen LogP contribution in [0, 0.1) is 0 Å². The van der Waals surface area contributed by atoms with Crippen molar-refractivity contribution in [3.05, 3.63) is 23.3 Å². The number of anilines is 2. The van der Waals surface area contributed by atoms with Crippen molar-refractivity contribution in [1.29, 1.82) is 0 Å². The van der Waals surface area contributed by atoms with Crippen LogP contribution in [-0.2, 0) is 11.3 Å². The molecule has 0 amide bonds. The van der Waals surface area contributed by atoms with Gasteiger partial charge < -0.3 is 20.3 Å². The monoisotopic (exact) mass is 426 g/mol. The first-order valence-corrected chi connectivity index (χ1v) is 11.1. The van der Waals surface area contributed by atoms with E-state index in [1.165, 1.54) is 4.88 Å². The van der Waals surface area contributed by atoms with Gasteiger partial charge in [-0.15, -0.1) is 11.3 Å². The van der Waals surface area contributed by atoms with E-state index >= 15 is 0 Å². The van der Waals surface area contributed by atoms with E-state index in [0.29, 0.717) is 19.0 Å². The van der Waals surface area contributed by atoms with E-state index in [2.05, 4.69) is 37.8 Å². The number of nitrogens with two attached hydrogens (primary N) is 1. The van der Waals surface area contributed by atoms with Gasteiger partial charge in [0.2, 0.25) is 5.95 Å². The molecule has 0 bridgehead atoms. The van der Waals surface area contributed by atoms with Crippen molar-refractivity contribution in [3.63, 3.8) is 0 Å². The minimum Gasteiger partial charge on any atom is -0.378 e. The van der Waals surface area contributed by atoms with Gasteiger partial charge in [-0.25, -0.2) is 19.9 Å². The zero-order chi connectivity index (χ0) is 20.5. The van der Waals surface area contributed by atoms with Gasteiger partial charge in [0.25, 0.3) is 0 Å². The molecule has 2 N–H and O–H groups in total. The highest BCUT2D eigenvalue weighted by molar-refractivity contribution is 7.18. The maximum atomic E-state index is 5.65. The maximum absolute atomic E-state index is 5.65. The SMILES string of the molecule is CN1CCN(Cc2cc3c(N4CCOCC4)nc(-c4cnc(N)nc4)nc3s2)CC1. The van der Waals surface area contributed by atoms with Crippen LogP contribution >= 0.6 is 11.3 Å². The van der Waals surface area contributed by atoms with Crippen LogP contribution in [-0.4, -0.2) is 89.3 Å². The summed E-state index contributed by atoms with van der Waals surface area (Å²) in [7, 11) is 2.18. The third kappa shape index (κ3) is 4.08. The molecule has 30 heavy (non-hydrogen) atoms. The number of nitrogens with zero attached hydrogens (tertiary/aromatic N) is 7. The third-order valence-corrected chi connectivity index (χ3v) is 6.65. The van der Waals surface area contributed by atoms with Gasteiger partial charge in [0.05, 0.1) is 24.2 Å². The Morgan fingerprint density at radius 1 is 1.03 bits per heavy atom. The molecule has 2 aliphatic rings. The fraction of sp³-hybridized carbons (Fsp3) is 0.500. The molecular formula is C20H26N8OS. The number of aromatic nitrogens is 4. The van der Waals surface area contributed by atoms with Gasteiger partial charge in [-0.05, 0) is 13.1 Å². The summed E-state index contributed by atoms with van der Waals surface area (Å²) in [5.74, 6) is 1.85. The topological polar surface area (TPSA) is 96.5 Å². The zero-order valence-electron chi connectivity index (χ0n) is 17.1. The van der Waals surface area contributed by atoms with Crippen molar-refractivity contribution in [1.82, 2.24) is 29.7 Å². The third-order valence-electron chi connectivity index (χ3n) is 5.64. The second kappa shape index (κ2) is 8.38. The lowest BCUT2D eigenvalue weighted by atomic mass is 10.2. The fourth-order valence-corrected chi connectivity index (χ4v) is 4.92. The number of morpholine rings is 1. The first-order chi connectivity index (χ1) is 14.7. The summed E-state index contributed by atoms with van der Waals surface area (Å²) in [6.45, 7) is 8.46. The Morgan fingerprint density at radius 2 is 1.77 bits per heavy atom. The number of piperazine rings is 1. The lowest BCUT2D eigenvalue weighted by molar-refractivity contribution is 0.122. The number of rotatable bonds is 4. The smallest absolute Gasteiger partial charge is 0.219 e. The van der Waals surface area contributed by atoms with Gasteiger partial charge in [0, 0.05) is 63.1 Å². The number of nitrogen functional groups attached to an aromatic ring is 1. The second-order valence-electron chi connectivity index (χ2n) is 7.81. The molecule has 158 valence electrons. The number of hydrogen-bond acceptors (Lipinski definition) is 10. The minimum absolute atomic E-state index is 0.249. The molecule has 10 heteroatoms. The molecule has 2 saturated heterocycles. The maximum Gasteiger partial charge on any atom is 0.219 e. The van der Waals surface area contributed by atoms with Crippen LogP contribution < -0.4 is 10.6 Å². The summed E-state index contributed by atoms with van der Waals surface area (Å²) in [5, 5.41) is 1.12. The molecule has 0 unspecified atom stereocenters. The molecule has 9 nitrogen and oxygen atoms in total. The summed E-state index contributed by atoms with van der Waals surface area (Å²) >= 11 is 1.75. The van der Waals surface area contributed by atoms with E-state index in [0.717, 1.165) is 67.4 Å². The second-order valence-corrected chi connectivity index (χ2v) is 8.93. The average molecular weight is 427 g/mol. The highest BCUT2D eigenvalue weighted by Crippen LogP contribution is 2.34. The van der Waals surface area contributed by atoms with Crippen molar-refractivity contribution in [2.45, 2.75) is 6.54 Å². The van der Waals surface area contributed by atoms with Crippen LogP contribution in [0.15, 0.2) is 18.5 Å². The van der Waals surface area contributed by atoms with Crippen molar-refractivity contribution in [3.8, 4) is 11.4 Å². The van der Waals surface area contributed by atoms with Gasteiger partial charge >= 0.3 is 0 Å². The number of ether oxygens (including phenoxy) is 1.